The van der Waals surface area contributed by atoms with Gasteiger partial charge in [-0.3, -0.25) is 4.79 Å². The van der Waals surface area contributed by atoms with Crippen LogP contribution in [0.3, 0.4) is 0 Å². The van der Waals surface area contributed by atoms with Crippen LogP contribution in [0.25, 0.3) is 0 Å². The zero-order valence-corrected chi connectivity index (χ0v) is 21.4. The lowest BCUT2D eigenvalue weighted by Crippen LogP contribution is -2.27. The summed E-state index contributed by atoms with van der Waals surface area (Å²) >= 11 is 5.89. The molecule has 0 atom stereocenters. The Balaban J connectivity index is 1.89. The molecule has 186 valence electrons. The van der Waals surface area contributed by atoms with E-state index in [2.05, 4.69) is 5.32 Å². The summed E-state index contributed by atoms with van der Waals surface area (Å²) in [5, 5.41) is 3.26. The Bertz CT molecular complexity index is 1300. The number of ether oxygens (including phenoxy) is 3. The number of hydrogen-bond donors (Lipinski definition) is 1. The number of benzene rings is 3. The Morgan fingerprint density at radius 3 is 2.29 bits per heavy atom. The van der Waals surface area contributed by atoms with E-state index >= 15 is 0 Å². The zero-order valence-electron chi connectivity index (χ0n) is 19.9. The highest BCUT2D eigenvalue weighted by Gasteiger charge is 2.23. The van der Waals surface area contributed by atoms with E-state index in [9.17, 15) is 13.2 Å². The Kier molecular flexibility index (Phi) is 8.61. The summed E-state index contributed by atoms with van der Waals surface area (Å²) in [7, 11) is 0.702. The van der Waals surface area contributed by atoms with E-state index in [0.717, 1.165) is 0 Å². The maximum Gasteiger partial charge on any atom is 0.255 e. The summed E-state index contributed by atoms with van der Waals surface area (Å²) in [5.41, 5.74) is 1.30. The van der Waals surface area contributed by atoms with E-state index in [1.807, 2.05) is 6.92 Å². The zero-order chi connectivity index (χ0) is 25.6. The van der Waals surface area contributed by atoms with Crippen molar-refractivity contribution in [3.8, 4) is 17.2 Å². The highest BCUT2D eigenvalue weighted by molar-refractivity contribution is 7.89. The lowest BCUT2D eigenvalue weighted by molar-refractivity contribution is 0.102. The van der Waals surface area contributed by atoms with Crippen LogP contribution in [0.1, 0.15) is 22.8 Å². The minimum Gasteiger partial charge on any atom is -0.497 e. The van der Waals surface area contributed by atoms with Gasteiger partial charge in [0.2, 0.25) is 10.0 Å². The fourth-order valence-electron chi connectivity index (χ4n) is 3.36. The number of rotatable bonds is 10. The first-order valence-electron chi connectivity index (χ1n) is 10.7. The van der Waals surface area contributed by atoms with Crippen molar-refractivity contribution in [2.75, 3.05) is 33.2 Å². The molecule has 10 heteroatoms. The number of nitrogens with one attached hydrogen (secondary N) is 1. The van der Waals surface area contributed by atoms with Crippen LogP contribution in [0.15, 0.2) is 65.6 Å². The van der Waals surface area contributed by atoms with Gasteiger partial charge in [-0.05, 0) is 61.5 Å². The Hall–Kier alpha value is -3.27. The molecule has 1 amide bonds. The predicted molar refractivity (Wildman–Crippen MR) is 135 cm³/mol. The molecule has 0 aromatic heterocycles. The van der Waals surface area contributed by atoms with Crippen molar-refractivity contribution in [2.45, 2.75) is 18.4 Å². The first-order chi connectivity index (χ1) is 16.7. The first kappa shape index (κ1) is 26.3. The molecule has 0 heterocycles. The number of amides is 1. The van der Waals surface area contributed by atoms with Crippen molar-refractivity contribution in [3.05, 3.63) is 76.8 Å². The second-order valence-corrected chi connectivity index (χ2v) is 9.97. The topological polar surface area (TPSA) is 94.2 Å². The lowest BCUT2D eigenvalue weighted by atomic mass is 10.1. The van der Waals surface area contributed by atoms with Crippen LogP contribution >= 0.6 is 11.6 Å². The molecule has 0 saturated carbocycles. The van der Waals surface area contributed by atoms with Crippen molar-refractivity contribution >= 4 is 33.2 Å². The SMILES string of the molecule is CCOc1ccc(C(=O)Nc2cc(OC)ccc2OC)cc1CN(C)S(=O)(=O)c1ccc(Cl)cc1. The summed E-state index contributed by atoms with van der Waals surface area (Å²) in [6, 6.07) is 15.9. The molecule has 0 fully saturated rings. The smallest absolute Gasteiger partial charge is 0.255 e. The van der Waals surface area contributed by atoms with Gasteiger partial charge in [0.05, 0.1) is 31.4 Å². The van der Waals surface area contributed by atoms with Crippen molar-refractivity contribution in [3.63, 3.8) is 0 Å². The van der Waals surface area contributed by atoms with Crippen LogP contribution in [0.5, 0.6) is 17.2 Å². The fourth-order valence-corrected chi connectivity index (χ4v) is 4.63. The normalized spacial score (nSPS) is 11.3. The van der Waals surface area contributed by atoms with Crippen LogP contribution in [0, 0.1) is 0 Å². The highest BCUT2D eigenvalue weighted by Crippen LogP contribution is 2.30. The van der Waals surface area contributed by atoms with Gasteiger partial charge in [-0.2, -0.15) is 4.31 Å². The average Bonchev–Trinajstić information content (AvgIpc) is 2.85. The number of carbonyl (C=O) groups is 1. The number of hydrogen-bond acceptors (Lipinski definition) is 6. The fraction of sp³-hybridized carbons (Fsp3) is 0.240. The minimum atomic E-state index is -3.80. The molecule has 35 heavy (non-hydrogen) atoms. The number of anilines is 1. The molecule has 0 radical (unpaired) electrons. The predicted octanol–water partition coefficient (Wildman–Crippen LogP) is 4.83. The molecule has 3 aromatic carbocycles. The summed E-state index contributed by atoms with van der Waals surface area (Å²) in [6.45, 7) is 2.20. The molecule has 3 aromatic rings. The quantitative estimate of drug-likeness (QED) is 0.413. The molecule has 3 rings (SSSR count). The molecule has 0 spiro atoms. The molecule has 0 aliphatic heterocycles. The summed E-state index contributed by atoms with van der Waals surface area (Å²) in [6.07, 6.45) is 0. The molecule has 0 saturated heterocycles. The van der Waals surface area contributed by atoms with E-state index in [-0.39, 0.29) is 11.4 Å². The molecular formula is C25H27ClN2O6S. The summed E-state index contributed by atoms with van der Waals surface area (Å²) in [5.74, 6) is 1.12. The van der Waals surface area contributed by atoms with Gasteiger partial charge in [-0.1, -0.05) is 11.6 Å². The maximum atomic E-state index is 13.0. The Morgan fingerprint density at radius 1 is 0.971 bits per heavy atom. The van der Waals surface area contributed by atoms with Gasteiger partial charge in [-0.15, -0.1) is 0 Å². The number of halogens is 1. The van der Waals surface area contributed by atoms with Gasteiger partial charge >= 0.3 is 0 Å². The Labute approximate surface area is 210 Å². The van der Waals surface area contributed by atoms with Gasteiger partial charge in [0.25, 0.3) is 5.91 Å². The lowest BCUT2D eigenvalue weighted by Gasteiger charge is -2.20. The third kappa shape index (κ3) is 6.25. The molecule has 1 N–H and O–H groups in total. The Morgan fingerprint density at radius 2 is 1.66 bits per heavy atom. The van der Waals surface area contributed by atoms with Gasteiger partial charge in [0.15, 0.2) is 0 Å². The van der Waals surface area contributed by atoms with Gasteiger partial charge in [0.1, 0.15) is 17.2 Å². The largest absolute Gasteiger partial charge is 0.497 e. The summed E-state index contributed by atoms with van der Waals surface area (Å²) < 4.78 is 43.5. The van der Waals surface area contributed by atoms with Crippen LogP contribution in [-0.2, 0) is 16.6 Å². The van der Waals surface area contributed by atoms with E-state index in [0.29, 0.717) is 45.7 Å². The molecule has 0 aliphatic carbocycles. The van der Waals surface area contributed by atoms with Crippen LogP contribution < -0.4 is 19.5 Å². The van der Waals surface area contributed by atoms with Gasteiger partial charge < -0.3 is 19.5 Å². The average molecular weight is 519 g/mol. The highest BCUT2D eigenvalue weighted by atomic mass is 35.5. The molecule has 0 unspecified atom stereocenters. The molecular weight excluding hydrogens is 492 g/mol. The van der Waals surface area contributed by atoms with Crippen LogP contribution in [0.2, 0.25) is 5.02 Å². The van der Waals surface area contributed by atoms with E-state index in [1.54, 1.807) is 36.4 Å². The number of nitrogens with zero attached hydrogens (tertiary/aromatic N) is 1. The summed E-state index contributed by atoms with van der Waals surface area (Å²) in [4.78, 5) is 13.2. The van der Waals surface area contributed by atoms with Gasteiger partial charge in [-0.25, -0.2) is 8.42 Å². The van der Waals surface area contributed by atoms with E-state index in [1.165, 1.54) is 49.8 Å². The monoisotopic (exact) mass is 518 g/mol. The standard InChI is InChI=1S/C25H27ClN2O6S/c1-5-34-23-12-6-17(25(29)27-22-15-20(32-3)9-13-24(22)33-4)14-18(23)16-28(2)35(30,31)21-10-7-19(26)8-11-21/h6-15H,5,16H2,1-4H3,(H,27,29). The van der Waals surface area contributed by atoms with Gasteiger partial charge in [0, 0.05) is 35.8 Å². The second kappa shape index (κ2) is 11.4. The third-order valence-corrected chi connectivity index (χ3v) is 7.26. The van der Waals surface area contributed by atoms with E-state index in [4.69, 9.17) is 25.8 Å². The van der Waals surface area contributed by atoms with Crippen molar-refractivity contribution in [1.82, 2.24) is 4.31 Å². The van der Waals surface area contributed by atoms with Crippen molar-refractivity contribution in [1.29, 1.82) is 0 Å². The number of sulfonamides is 1. The van der Waals surface area contributed by atoms with E-state index < -0.39 is 15.9 Å². The van der Waals surface area contributed by atoms with Crippen molar-refractivity contribution < 1.29 is 27.4 Å². The van der Waals surface area contributed by atoms with Crippen LogP contribution in [-0.4, -0.2) is 46.5 Å². The van der Waals surface area contributed by atoms with Crippen LogP contribution in [0.4, 0.5) is 5.69 Å². The molecule has 0 bridgehead atoms. The first-order valence-corrected chi connectivity index (χ1v) is 12.5. The molecule has 0 aliphatic rings. The maximum absolute atomic E-state index is 13.0. The number of methoxy groups -OCH3 is 2. The third-order valence-electron chi connectivity index (χ3n) is 5.19. The second-order valence-electron chi connectivity index (χ2n) is 7.49. The number of carbonyl (C=O) groups excluding carboxylic acids is 1. The minimum absolute atomic E-state index is 0.0100. The molecule has 8 nitrogen and oxygen atoms in total. The van der Waals surface area contributed by atoms with Crippen molar-refractivity contribution in [2.24, 2.45) is 0 Å².